The SMILES string of the molecule is CSc1ccc(NC(=O)Oc2cc(C)c(C)cc2Cl)cc1. The molecular weight excluding hydrogens is 306 g/mol. The molecule has 0 spiro atoms. The average molecular weight is 322 g/mol. The molecule has 2 rings (SSSR count). The van der Waals surface area contributed by atoms with E-state index >= 15 is 0 Å². The normalized spacial score (nSPS) is 10.3. The quantitative estimate of drug-likeness (QED) is 0.781. The number of halogens is 1. The molecule has 0 bridgehead atoms. The molecule has 0 unspecified atom stereocenters. The molecule has 0 aromatic heterocycles. The van der Waals surface area contributed by atoms with Crippen molar-refractivity contribution in [2.45, 2.75) is 18.7 Å². The first kappa shape index (κ1) is 15.7. The second kappa shape index (κ2) is 6.87. The lowest BCUT2D eigenvalue weighted by Gasteiger charge is -2.10. The van der Waals surface area contributed by atoms with Crippen LogP contribution in [0.5, 0.6) is 5.75 Å². The van der Waals surface area contributed by atoms with Crippen LogP contribution in [0.2, 0.25) is 5.02 Å². The van der Waals surface area contributed by atoms with E-state index in [4.69, 9.17) is 16.3 Å². The number of carbonyl (C=O) groups excluding carboxylic acids is 1. The van der Waals surface area contributed by atoms with Gasteiger partial charge in [0.25, 0.3) is 0 Å². The van der Waals surface area contributed by atoms with Crippen molar-refractivity contribution in [1.29, 1.82) is 0 Å². The van der Waals surface area contributed by atoms with Crippen molar-refractivity contribution in [3.05, 3.63) is 52.5 Å². The van der Waals surface area contributed by atoms with E-state index in [0.29, 0.717) is 16.5 Å². The Morgan fingerprint density at radius 3 is 2.38 bits per heavy atom. The van der Waals surface area contributed by atoms with Gasteiger partial charge in [0, 0.05) is 10.6 Å². The van der Waals surface area contributed by atoms with Crippen molar-refractivity contribution >= 4 is 35.1 Å². The summed E-state index contributed by atoms with van der Waals surface area (Å²) in [5, 5.41) is 3.10. The number of carbonyl (C=O) groups is 1. The number of benzene rings is 2. The number of rotatable bonds is 3. The van der Waals surface area contributed by atoms with Crippen molar-refractivity contribution in [3.63, 3.8) is 0 Å². The van der Waals surface area contributed by atoms with E-state index in [1.165, 1.54) is 0 Å². The van der Waals surface area contributed by atoms with Crippen LogP contribution in [0.4, 0.5) is 10.5 Å². The summed E-state index contributed by atoms with van der Waals surface area (Å²) in [4.78, 5) is 13.0. The third-order valence-corrected chi connectivity index (χ3v) is 4.13. The van der Waals surface area contributed by atoms with Crippen molar-refractivity contribution in [2.75, 3.05) is 11.6 Å². The molecule has 0 aliphatic rings. The van der Waals surface area contributed by atoms with E-state index in [0.717, 1.165) is 16.0 Å². The first-order valence-electron chi connectivity index (χ1n) is 6.39. The molecule has 1 amide bonds. The van der Waals surface area contributed by atoms with Crippen molar-refractivity contribution in [3.8, 4) is 5.75 Å². The number of ether oxygens (including phenoxy) is 1. The summed E-state index contributed by atoms with van der Waals surface area (Å²) in [6.07, 6.45) is 1.44. The fourth-order valence-electron chi connectivity index (χ4n) is 1.75. The first-order chi connectivity index (χ1) is 9.99. The molecule has 0 fully saturated rings. The minimum absolute atomic E-state index is 0.359. The number of anilines is 1. The van der Waals surface area contributed by atoms with Crippen LogP contribution in [0.25, 0.3) is 0 Å². The lowest BCUT2D eigenvalue weighted by Crippen LogP contribution is -2.17. The van der Waals surface area contributed by atoms with Crippen LogP contribution in [0.15, 0.2) is 41.3 Å². The molecule has 0 saturated heterocycles. The molecule has 21 heavy (non-hydrogen) atoms. The molecular formula is C16H16ClNO2S. The van der Waals surface area contributed by atoms with Gasteiger partial charge in [-0.05, 0) is 67.6 Å². The zero-order valence-electron chi connectivity index (χ0n) is 12.1. The minimum atomic E-state index is -0.558. The van der Waals surface area contributed by atoms with Gasteiger partial charge >= 0.3 is 6.09 Å². The summed E-state index contributed by atoms with van der Waals surface area (Å²) in [6, 6.07) is 11.1. The number of amides is 1. The average Bonchev–Trinajstić information content (AvgIpc) is 2.45. The molecule has 0 saturated carbocycles. The van der Waals surface area contributed by atoms with E-state index in [1.807, 2.05) is 44.4 Å². The second-order valence-corrected chi connectivity index (χ2v) is 5.90. The highest BCUT2D eigenvalue weighted by Gasteiger charge is 2.10. The zero-order chi connectivity index (χ0) is 15.4. The van der Waals surface area contributed by atoms with Crippen LogP contribution in [0.3, 0.4) is 0 Å². The van der Waals surface area contributed by atoms with Crippen molar-refractivity contribution < 1.29 is 9.53 Å². The molecule has 0 heterocycles. The number of nitrogens with one attached hydrogen (secondary N) is 1. The van der Waals surface area contributed by atoms with Crippen LogP contribution >= 0.6 is 23.4 Å². The molecule has 5 heteroatoms. The third-order valence-electron chi connectivity index (χ3n) is 3.09. The summed E-state index contributed by atoms with van der Waals surface area (Å²) in [6.45, 7) is 3.90. The molecule has 1 N–H and O–H groups in total. The Morgan fingerprint density at radius 2 is 1.76 bits per heavy atom. The van der Waals surface area contributed by atoms with Crippen LogP contribution in [-0.4, -0.2) is 12.3 Å². The Balaban J connectivity index is 2.06. The van der Waals surface area contributed by atoms with Gasteiger partial charge in [-0.2, -0.15) is 0 Å². The maximum atomic E-state index is 11.9. The maximum Gasteiger partial charge on any atom is 0.417 e. The molecule has 0 aliphatic heterocycles. The Hall–Kier alpha value is -1.65. The van der Waals surface area contributed by atoms with Gasteiger partial charge in [-0.1, -0.05) is 11.6 Å². The monoisotopic (exact) mass is 321 g/mol. The van der Waals surface area contributed by atoms with Crippen LogP contribution in [0, 0.1) is 13.8 Å². The molecule has 2 aromatic carbocycles. The molecule has 110 valence electrons. The third kappa shape index (κ3) is 4.16. The molecule has 2 aromatic rings. The first-order valence-corrected chi connectivity index (χ1v) is 7.99. The number of aryl methyl sites for hydroxylation is 2. The van der Waals surface area contributed by atoms with Crippen LogP contribution in [0.1, 0.15) is 11.1 Å². The predicted molar refractivity (Wildman–Crippen MR) is 88.8 cm³/mol. The standard InChI is InChI=1S/C16H16ClNO2S/c1-10-8-14(17)15(9-11(10)2)20-16(19)18-12-4-6-13(21-3)7-5-12/h4-9H,1-3H3,(H,18,19). The summed E-state index contributed by atoms with van der Waals surface area (Å²) in [5.74, 6) is 0.359. The number of hydrogen-bond donors (Lipinski definition) is 1. The van der Waals surface area contributed by atoms with Crippen molar-refractivity contribution in [1.82, 2.24) is 0 Å². The van der Waals surface area contributed by atoms with Gasteiger partial charge in [-0.15, -0.1) is 11.8 Å². The fraction of sp³-hybridized carbons (Fsp3) is 0.188. The van der Waals surface area contributed by atoms with E-state index in [1.54, 1.807) is 23.9 Å². The van der Waals surface area contributed by atoms with Gasteiger partial charge in [0.15, 0.2) is 5.75 Å². The van der Waals surface area contributed by atoms with E-state index < -0.39 is 6.09 Å². The largest absolute Gasteiger partial charge is 0.417 e. The topological polar surface area (TPSA) is 38.3 Å². The molecule has 3 nitrogen and oxygen atoms in total. The Kier molecular flexibility index (Phi) is 5.15. The van der Waals surface area contributed by atoms with Crippen molar-refractivity contribution in [2.24, 2.45) is 0 Å². The smallest absolute Gasteiger partial charge is 0.408 e. The van der Waals surface area contributed by atoms with E-state index in [9.17, 15) is 4.79 Å². The van der Waals surface area contributed by atoms with Gasteiger partial charge in [0.2, 0.25) is 0 Å². The molecule has 0 radical (unpaired) electrons. The van der Waals surface area contributed by atoms with Gasteiger partial charge in [0.05, 0.1) is 5.02 Å². The number of hydrogen-bond acceptors (Lipinski definition) is 3. The molecule has 0 aliphatic carbocycles. The lowest BCUT2D eigenvalue weighted by atomic mass is 10.1. The van der Waals surface area contributed by atoms with Crippen LogP contribution < -0.4 is 10.1 Å². The predicted octanol–water partition coefficient (Wildman–Crippen LogP) is 5.29. The molecule has 0 atom stereocenters. The van der Waals surface area contributed by atoms with Crippen LogP contribution in [-0.2, 0) is 0 Å². The summed E-state index contributed by atoms with van der Waals surface area (Å²) >= 11 is 7.72. The Bertz CT molecular complexity index is 656. The highest BCUT2D eigenvalue weighted by Crippen LogP contribution is 2.28. The lowest BCUT2D eigenvalue weighted by molar-refractivity contribution is 0.215. The zero-order valence-corrected chi connectivity index (χ0v) is 13.6. The second-order valence-electron chi connectivity index (χ2n) is 4.61. The maximum absolute atomic E-state index is 11.9. The Labute approximate surface area is 133 Å². The van der Waals surface area contributed by atoms with Gasteiger partial charge < -0.3 is 4.74 Å². The van der Waals surface area contributed by atoms with E-state index in [2.05, 4.69) is 5.32 Å². The number of thioether (sulfide) groups is 1. The fourth-order valence-corrected chi connectivity index (χ4v) is 2.42. The summed E-state index contributed by atoms with van der Waals surface area (Å²) in [5.41, 5.74) is 2.75. The summed E-state index contributed by atoms with van der Waals surface area (Å²) < 4.78 is 5.25. The summed E-state index contributed by atoms with van der Waals surface area (Å²) in [7, 11) is 0. The van der Waals surface area contributed by atoms with Gasteiger partial charge in [0.1, 0.15) is 0 Å². The highest BCUT2D eigenvalue weighted by molar-refractivity contribution is 7.98. The van der Waals surface area contributed by atoms with Gasteiger partial charge in [-0.3, -0.25) is 5.32 Å². The highest BCUT2D eigenvalue weighted by atomic mass is 35.5. The Morgan fingerprint density at radius 1 is 1.14 bits per heavy atom. The van der Waals surface area contributed by atoms with Gasteiger partial charge in [-0.25, -0.2) is 4.79 Å². The minimum Gasteiger partial charge on any atom is -0.408 e. The van der Waals surface area contributed by atoms with E-state index in [-0.39, 0.29) is 0 Å².